The maximum absolute atomic E-state index is 12.5. The van der Waals surface area contributed by atoms with Crippen LogP contribution >= 0.6 is 24.4 Å². The molecule has 0 aromatic heterocycles. The molecule has 1 N–H and O–H groups in total. The zero-order valence-electron chi connectivity index (χ0n) is 14.6. The van der Waals surface area contributed by atoms with Gasteiger partial charge in [0.15, 0.2) is 0 Å². The van der Waals surface area contributed by atoms with Crippen LogP contribution in [0.4, 0.5) is 5.69 Å². The molecule has 3 aliphatic rings. The van der Waals surface area contributed by atoms with Gasteiger partial charge in [-0.3, -0.25) is 9.59 Å². The Bertz CT molecular complexity index is 795. The minimum absolute atomic E-state index is 0.258. The third kappa shape index (κ3) is 2.91. The van der Waals surface area contributed by atoms with Gasteiger partial charge >= 0.3 is 5.97 Å². The summed E-state index contributed by atoms with van der Waals surface area (Å²) in [6.07, 6.45) is 5.63. The van der Waals surface area contributed by atoms with Crippen LogP contribution in [0.5, 0.6) is 0 Å². The van der Waals surface area contributed by atoms with Gasteiger partial charge in [0.2, 0.25) is 0 Å². The highest BCUT2D eigenvalue weighted by Crippen LogP contribution is 2.49. The van der Waals surface area contributed by atoms with Crippen LogP contribution < -0.4 is 4.90 Å². The van der Waals surface area contributed by atoms with Crippen molar-refractivity contribution in [3.05, 3.63) is 34.2 Å². The van der Waals surface area contributed by atoms with E-state index in [1.54, 1.807) is 0 Å². The van der Waals surface area contributed by atoms with Crippen molar-refractivity contribution < 1.29 is 14.7 Å². The number of aliphatic carboxylic acids is 1. The van der Waals surface area contributed by atoms with Crippen LogP contribution in [0.1, 0.15) is 43.2 Å². The summed E-state index contributed by atoms with van der Waals surface area (Å²) in [7, 11) is 0. The fourth-order valence-electron chi connectivity index (χ4n) is 4.49. The maximum atomic E-state index is 12.5. The highest BCUT2D eigenvalue weighted by molar-refractivity contribution is 8.14. The largest absolute Gasteiger partial charge is 0.480 e. The van der Waals surface area contributed by atoms with Gasteiger partial charge < -0.3 is 14.9 Å². The van der Waals surface area contributed by atoms with Gasteiger partial charge in [-0.05, 0) is 49.1 Å². The number of thiol groups is 1. The lowest BCUT2D eigenvalue weighted by molar-refractivity contribution is -0.142. The summed E-state index contributed by atoms with van der Waals surface area (Å²) in [4.78, 5) is 27.8. The van der Waals surface area contributed by atoms with Crippen LogP contribution in [0.3, 0.4) is 0 Å². The number of carboxylic acids is 1. The molecule has 2 heterocycles. The van der Waals surface area contributed by atoms with E-state index in [9.17, 15) is 9.59 Å². The summed E-state index contributed by atoms with van der Waals surface area (Å²) >= 11 is 5.65. The van der Waals surface area contributed by atoms with E-state index in [0.29, 0.717) is 16.9 Å². The molecule has 2 aliphatic heterocycles. The minimum Gasteiger partial charge on any atom is -0.480 e. The molecule has 0 bridgehead atoms. The van der Waals surface area contributed by atoms with Crippen molar-refractivity contribution in [2.24, 2.45) is 0 Å². The molecule has 1 aromatic carbocycles. The molecule has 1 amide bonds. The molecule has 7 heteroatoms. The summed E-state index contributed by atoms with van der Waals surface area (Å²) in [5, 5.41) is 8.97. The minimum atomic E-state index is -1.02. The number of carbonyl (C=O) groups excluding carboxylic acids is 1. The summed E-state index contributed by atoms with van der Waals surface area (Å²) in [6, 6.07) is 7.05. The van der Waals surface area contributed by atoms with Gasteiger partial charge in [-0.25, -0.2) is 0 Å². The average Bonchev–Trinajstić information content (AvgIpc) is 3.25. The van der Waals surface area contributed by atoms with Crippen molar-refractivity contribution in [3.8, 4) is 0 Å². The number of rotatable bonds is 4. The number of amides is 1. The fraction of sp³-hybridized carbons (Fsp3) is 0.474. The van der Waals surface area contributed by atoms with E-state index in [2.05, 4.69) is 42.7 Å². The van der Waals surface area contributed by atoms with Gasteiger partial charge in [0.05, 0.1) is 4.91 Å². The molecule has 5 nitrogen and oxygen atoms in total. The van der Waals surface area contributed by atoms with E-state index < -0.39 is 10.7 Å². The monoisotopic (exact) mass is 390 g/mol. The Balaban J connectivity index is 1.62. The van der Waals surface area contributed by atoms with Crippen molar-refractivity contribution in [1.29, 1.82) is 0 Å². The Morgan fingerprint density at radius 1 is 1.38 bits per heavy atom. The molecular weight excluding hydrogens is 368 g/mol. The quantitative estimate of drug-likeness (QED) is 0.610. The lowest BCUT2D eigenvalue weighted by Crippen LogP contribution is -2.34. The molecular formula is C19H22N2O3S2. The molecule has 138 valence electrons. The first kappa shape index (κ1) is 17.8. The van der Waals surface area contributed by atoms with Crippen molar-refractivity contribution in [2.75, 3.05) is 18.0 Å². The van der Waals surface area contributed by atoms with E-state index in [0.717, 1.165) is 12.1 Å². The Labute approximate surface area is 162 Å². The molecule has 2 fully saturated rings. The average molecular weight is 391 g/mol. The molecule has 3 unspecified atom stereocenters. The number of nitrogens with zero attached hydrogens (tertiary/aromatic N) is 2. The number of anilines is 1. The molecule has 3 atom stereocenters. The molecule has 26 heavy (non-hydrogen) atoms. The first-order valence-electron chi connectivity index (χ1n) is 8.99. The number of carboxylic acid groups (broad SMARTS) is 1. The van der Waals surface area contributed by atoms with Crippen LogP contribution in [0.25, 0.3) is 6.08 Å². The maximum Gasteiger partial charge on any atom is 0.323 e. The fourth-order valence-corrected chi connectivity index (χ4v) is 5.97. The van der Waals surface area contributed by atoms with Gasteiger partial charge in [-0.1, -0.05) is 24.2 Å². The van der Waals surface area contributed by atoms with Crippen LogP contribution in [0.2, 0.25) is 0 Å². The standard InChI is InChI=1S/C19H22N2O3S2/c1-2-20-14-5-3-4-12(14)13-8-11(6-7-15(13)20)9-16-18(24)21(10-17(22)23)19(25)26-16/h6-9,12,14,19,25H,2-5,10H2,1H3,(H,22,23)/b16-9+. The highest BCUT2D eigenvalue weighted by atomic mass is 32.2. The Kier molecular flexibility index (Phi) is 4.69. The molecule has 1 saturated carbocycles. The second-order valence-electron chi connectivity index (χ2n) is 6.99. The normalized spacial score (nSPS) is 28.8. The zero-order chi connectivity index (χ0) is 18.4. The lowest BCUT2D eigenvalue weighted by atomic mass is 9.96. The van der Waals surface area contributed by atoms with Crippen LogP contribution in [-0.2, 0) is 9.59 Å². The van der Waals surface area contributed by atoms with Gasteiger partial charge in [0.1, 0.15) is 11.3 Å². The Hall–Kier alpha value is -1.60. The number of thioether (sulfide) groups is 1. The summed E-state index contributed by atoms with van der Waals surface area (Å²) in [5.41, 5.74) is 3.72. The molecule has 1 aliphatic carbocycles. The smallest absolute Gasteiger partial charge is 0.323 e. The molecule has 0 radical (unpaired) electrons. The van der Waals surface area contributed by atoms with Gasteiger partial charge in [0.25, 0.3) is 5.91 Å². The summed E-state index contributed by atoms with van der Waals surface area (Å²) in [5.74, 6) is -0.688. The summed E-state index contributed by atoms with van der Waals surface area (Å²) in [6.45, 7) is 2.91. The van der Waals surface area contributed by atoms with Crippen molar-refractivity contribution >= 4 is 48.0 Å². The van der Waals surface area contributed by atoms with Crippen LogP contribution in [0, 0.1) is 0 Å². The number of hydrogen-bond acceptors (Lipinski definition) is 5. The van der Waals surface area contributed by atoms with E-state index >= 15 is 0 Å². The van der Waals surface area contributed by atoms with Gasteiger partial charge in [-0.15, -0.1) is 12.6 Å². The first-order valence-corrected chi connectivity index (χ1v) is 10.4. The third-order valence-corrected chi connectivity index (χ3v) is 7.16. The van der Waals surface area contributed by atoms with E-state index in [4.69, 9.17) is 5.11 Å². The van der Waals surface area contributed by atoms with E-state index in [1.165, 1.54) is 47.2 Å². The SMILES string of the molecule is CCN1c2ccc(/C=C3/SC(S)N(CC(=O)O)C3=O)cc2C2CCCC21. The van der Waals surface area contributed by atoms with Gasteiger partial charge in [0, 0.05) is 24.2 Å². The predicted octanol–water partition coefficient (Wildman–Crippen LogP) is 3.38. The summed E-state index contributed by atoms with van der Waals surface area (Å²) < 4.78 is -0.450. The second kappa shape index (κ2) is 6.85. The predicted molar refractivity (Wildman–Crippen MR) is 108 cm³/mol. The first-order chi connectivity index (χ1) is 12.5. The second-order valence-corrected chi connectivity index (χ2v) is 8.95. The number of fused-ring (bicyclic) bond motifs is 3. The number of benzene rings is 1. The zero-order valence-corrected chi connectivity index (χ0v) is 16.3. The van der Waals surface area contributed by atoms with Crippen molar-refractivity contribution in [2.45, 2.75) is 42.9 Å². The number of carbonyl (C=O) groups is 2. The van der Waals surface area contributed by atoms with Crippen molar-refractivity contribution in [3.63, 3.8) is 0 Å². The third-order valence-electron chi connectivity index (χ3n) is 5.56. The highest BCUT2D eigenvalue weighted by Gasteiger charge is 2.40. The van der Waals surface area contributed by atoms with Gasteiger partial charge in [-0.2, -0.15) is 0 Å². The Morgan fingerprint density at radius 3 is 2.92 bits per heavy atom. The molecule has 1 aromatic rings. The topological polar surface area (TPSA) is 60.9 Å². The molecule has 0 spiro atoms. The van der Waals surface area contributed by atoms with E-state index in [1.807, 2.05) is 6.08 Å². The number of hydrogen-bond donors (Lipinski definition) is 2. The van der Waals surface area contributed by atoms with Crippen LogP contribution in [-0.4, -0.2) is 45.7 Å². The Morgan fingerprint density at radius 2 is 2.19 bits per heavy atom. The number of likely N-dealkylation sites (N-methyl/N-ethyl adjacent to an activating group) is 1. The van der Waals surface area contributed by atoms with Crippen LogP contribution in [0.15, 0.2) is 23.1 Å². The van der Waals surface area contributed by atoms with E-state index in [-0.39, 0.29) is 12.5 Å². The molecule has 1 saturated heterocycles. The van der Waals surface area contributed by atoms with Crippen molar-refractivity contribution in [1.82, 2.24) is 4.90 Å². The lowest BCUT2D eigenvalue weighted by Gasteiger charge is -2.25. The molecule has 4 rings (SSSR count).